The molecular weight excluding hydrogens is 222 g/mol. The van der Waals surface area contributed by atoms with Gasteiger partial charge in [0, 0.05) is 11.9 Å². The molecule has 16 heavy (non-hydrogen) atoms. The van der Waals surface area contributed by atoms with Gasteiger partial charge in [0.15, 0.2) is 0 Å². The lowest BCUT2D eigenvalue weighted by Gasteiger charge is -2.25. The fourth-order valence-electron chi connectivity index (χ4n) is 1.90. The molecule has 0 aliphatic rings. The van der Waals surface area contributed by atoms with Crippen molar-refractivity contribution in [1.29, 1.82) is 0 Å². The fourth-order valence-corrected chi connectivity index (χ4v) is 2.34. The van der Waals surface area contributed by atoms with Crippen LogP contribution in [0, 0.1) is 13.8 Å². The Bertz CT molecular complexity index is 363. The average Bonchev–Trinajstić information content (AvgIpc) is 2.25. The van der Waals surface area contributed by atoms with Crippen molar-refractivity contribution in [1.82, 2.24) is 4.90 Å². The maximum Gasteiger partial charge on any atom is 0.122 e. The second-order valence-electron chi connectivity index (χ2n) is 4.24. The molecular formula is C13H20ClNO. The third-order valence-electron chi connectivity index (χ3n) is 3.13. The number of benzene rings is 1. The van der Waals surface area contributed by atoms with Gasteiger partial charge in [0.05, 0.1) is 7.11 Å². The van der Waals surface area contributed by atoms with E-state index in [-0.39, 0.29) is 6.04 Å². The van der Waals surface area contributed by atoms with Gasteiger partial charge in [0.2, 0.25) is 0 Å². The van der Waals surface area contributed by atoms with E-state index in [1.165, 1.54) is 16.7 Å². The molecule has 0 saturated carbocycles. The van der Waals surface area contributed by atoms with Gasteiger partial charge in [-0.2, -0.15) is 0 Å². The Labute approximate surface area is 103 Å². The second kappa shape index (κ2) is 5.55. The summed E-state index contributed by atoms with van der Waals surface area (Å²) in [6.07, 6.45) is 0. The summed E-state index contributed by atoms with van der Waals surface area (Å²) < 4.78 is 5.31. The highest BCUT2D eigenvalue weighted by molar-refractivity contribution is 6.18. The molecule has 0 N–H and O–H groups in total. The van der Waals surface area contributed by atoms with Crippen molar-refractivity contribution in [2.24, 2.45) is 0 Å². The van der Waals surface area contributed by atoms with Crippen LogP contribution < -0.4 is 4.74 Å². The van der Waals surface area contributed by atoms with E-state index in [0.29, 0.717) is 5.88 Å². The first kappa shape index (κ1) is 13.3. The van der Waals surface area contributed by atoms with Crippen LogP contribution in [0.1, 0.15) is 22.7 Å². The highest BCUT2D eigenvalue weighted by atomic mass is 35.5. The molecule has 0 aromatic heterocycles. The number of halogens is 1. The minimum atomic E-state index is 0.256. The van der Waals surface area contributed by atoms with Crippen LogP contribution in [0.2, 0.25) is 0 Å². The summed E-state index contributed by atoms with van der Waals surface area (Å²) in [5.74, 6) is 1.54. The number of ether oxygens (including phenoxy) is 1. The molecule has 0 amide bonds. The molecule has 0 aliphatic heterocycles. The number of hydrogen-bond acceptors (Lipinski definition) is 2. The second-order valence-corrected chi connectivity index (χ2v) is 4.55. The Morgan fingerprint density at radius 1 is 1.25 bits per heavy atom. The number of hydrogen-bond donors (Lipinski definition) is 0. The van der Waals surface area contributed by atoms with Gasteiger partial charge >= 0.3 is 0 Å². The summed E-state index contributed by atoms with van der Waals surface area (Å²) in [5.41, 5.74) is 3.73. The largest absolute Gasteiger partial charge is 0.496 e. The van der Waals surface area contributed by atoms with E-state index < -0.39 is 0 Å². The van der Waals surface area contributed by atoms with Crippen LogP contribution in [0.4, 0.5) is 0 Å². The SMILES string of the molecule is COc1ccc(C(CCl)N(C)C)c(C)c1C. The lowest BCUT2D eigenvalue weighted by molar-refractivity contribution is 0.323. The standard InChI is InChI=1S/C13H20ClNO/c1-9-10(2)13(16-5)7-6-11(9)12(8-14)15(3)4/h6-7,12H,8H2,1-5H3. The third-order valence-corrected chi connectivity index (χ3v) is 3.42. The maximum atomic E-state index is 6.02. The van der Waals surface area contributed by atoms with E-state index in [9.17, 15) is 0 Å². The Morgan fingerprint density at radius 2 is 1.88 bits per heavy atom. The van der Waals surface area contributed by atoms with Crippen molar-refractivity contribution in [2.45, 2.75) is 19.9 Å². The van der Waals surface area contributed by atoms with Gasteiger partial charge in [-0.3, -0.25) is 0 Å². The van der Waals surface area contributed by atoms with E-state index in [4.69, 9.17) is 16.3 Å². The summed E-state index contributed by atoms with van der Waals surface area (Å²) in [6.45, 7) is 4.20. The normalized spacial score (nSPS) is 12.9. The topological polar surface area (TPSA) is 12.5 Å². The van der Waals surface area contributed by atoms with Crippen molar-refractivity contribution in [2.75, 3.05) is 27.1 Å². The zero-order chi connectivity index (χ0) is 12.3. The van der Waals surface area contributed by atoms with Crippen molar-refractivity contribution in [3.05, 3.63) is 28.8 Å². The Morgan fingerprint density at radius 3 is 2.31 bits per heavy atom. The quantitative estimate of drug-likeness (QED) is 0.751. The average molecular weight is 242 g/mol. The molecule has 3 heteroatoms. The Kier molecular flexibility index (Phi) is 4.63. The summed E-state index contributed by atoms with van der Waals surface area (Å²) in [5, 5.41) is 0. The first-order valence-electron chi connectivity index (χ1n) is 5.39. The lowest BCUT2D eigenvalue weighted by Crippen LogP contribution is -2.22. The van der Waals surface area contributed by atoms with Crippen LogP contribution >= 0.6 is 11.6 Å². The summed E-state index contributed by atoms with van der Waals surface area (Å²) in [6, 6.07) is 4.38. The molecule has 90 valence electrons. The highest BCUT2D eigenvalue weighted by Gasteiger charge is 2.17. The van der Waals surface area contributed by atoms with Crippen LogP contribution in [0.5, 0.6) is 5.75 Å². The van der Waals surface area contributed by atoms with Crippen LogP contribution in [-0.2, 0) is 0 Å². The van der Waals surface area contributed by atoms with Gasteiger partial charge in [-0.05, 0) is 50.7 Å². The van der Waals surface area contributed by atoms with Gasteiger partial charge in [0.25, 0.3) is 0 Å². The monoisotopic (exact) mass is 241 g/mol. The summed E-state index contributed by atoms with van der Waals surface area (Å²) >= 11 is 6.02. The number of nitrogens with zero attached hydrogens (tertiary/aromatic N) is 1. The van der Waals surface area contributed by atoms with E-state index in [0.717, 1.165) is 5.75 Å². The number of alkyl halides is 1. The third kappa shape index (κ3) is 2.50. The van der Waals surface area contributed by atoms with Gasteiger partial charge in [-0.15, -0.1) is 11.6 Å². The van der Waals surface area contributed by atoms with Gasteiger partial charge in [-0.1, -0.05) is 6.07 Å². The van der Waals surface area contributed by atoms with Crippen LogP contribution in [0.25, 0.3) is 0 Å². The Balaban J connectivity index is 3.20. The zero-order valence-electron chi connectivity index (χ0n) is 10.7. The molecule has 1 unspecified atom stereocenters. The molecule has 2 nitrogen and oxygen atoms in total. The molecule has 0 bridgehead atoms. The molecule has 0 fully saturated rings. The van der Waals surface area contributed by atoms with E-state index in [1.807, 2.05) is 20.2 Å². The van der Waals surface area contributed by atoms with Crippen molar-refractivity contribution < 1.29 is 4.74 Å². The smallest absolute Gasteiger partial charge is 0.122 e. The highest BCUT2D eigenvalue weighted by Crippen LogP contribution is 2.30. The van der Waals surface area contributed by atoms with Gasteiger partial charge in [-0.25, -0.2) is 0 Å². The van der Waals surface area contributed by atoms with Crippen LogP contribution in [0.3, 0.4) is 0 Å². The molecule has 0 radical (unpaired) electrons. The van der Waals surface area contributed by atoms with E-state index in [2.05, 4.69) is 24.8 Å². The molecule has 1 atom stereocenters. The predicted molar refractivity (Wildman–Crippen MR) is 69.6 cm³/mol. The minimum absolute atomic E-state index is 0.256. The zero-order valence-corrected chi connectivity index (χ0v) is 11.4. The lowest BCUT2D eigenvalue weighted by atomic mass is 9.97. The van der Waals surface area contributed by atoms with Gasteiger partial charge < -0.3 is 9.64 Å². The summed E-state index contributed by atoms with van der Waals surface area (Å²) in [7, 11) is 5.80. The fraction of sp³-hybridized carbons (Fsp3) is 0.538. The van der Waals surface area contributed by atoms with Crippen molar-refractivity contribution in [3.8, 4) is 5.75 Å². The first-order chi connectivity index (χ1) is 7.52. The number of rotatable bonds is 4. The maximum absolute atomic E-state index is 6.02. The summed E-state index contributed by atoms with van der Waals surface area (Å²) in [4.78, 5) is 2.14. The van der Waals surface area contributed by atoms with Crippen molar-refractivity contribution in [3.63, 3.8) is 0 Å². The molecule has 1 rings (SSSR count). The molecule has 1 aromatic rings. The molecule has 0 spiro atoms. The molecule has 0 heterocycles. The van der Waals surface area contributed by atoms with E-state index >= 15 is 0 Å². The van der Waals surface area contributed by atoms with Crippen LogP contribution in [-0.4, -0.2) is 32.0 Å². The van der Waals surface area contributed by atoms with Crippen LogP contribution in [0.15, 0.2) is 12.1 Å². The molecule has 0 saturated heterocycles. The van der Waals surface area contributed by atoms with E-state index in [1.54, 1.807) is 7.11 Å². The predicted octanol–water partition coefficient (Wildman–Crippen LogP) is 3.15. The molecule has 0 aliphatic carbocycles. The Hall–Kier alpha value is -0.730. The van der Waals surface area contributed by atoms with Gasteiger partial charge in [0.1, 0.15) is 5.75 Å². The van der Waals surface area contributed by atoms with Crippen molar-refractivity contribution >= 4 is 11.6 Å². The number of methoxy groups -OCH3 is 1. The minimum Gasteiger partial charge on any atom is -0.496 e. The molecule has 1 aromatic carbocycles. The first-order valence-corrected chi connectivity index (χ1v) is 5.92.